The molecule has 5 nitrogen and oxygen atoms in total. The van der Waals surface area contributed by atoms with E-state index in [2.05, 4.69) is 5.32 Å². The number of rotatable bonds is 6. The van der Waals surface area contributed by atoms with E-state index >= 15 is 0 Å². The lowest BCUT2D eigenvalue weighted by atomic mass is 9.95. The van der Waals surface area contributed by atoms with Crippen LogP contribution in [0.4, 0.5) is 8.78 Å². The molecule has 0 bridgehead atoms. The molecule has 1 heterocycles. The fourth-order valence-corrected chi connectivity index (χ4v) is 2.25. The zero-order chi connectivity index (χ0) is 17.7. The number of aliphatic hydroxyl groups is 1. The second-order valence-corrected chi connectivity index (χ2v) is 5.66. The minimum absolute atomic E-state index is 0.0336. The van der Waals surface area contributed by atoms with Gasteiger partial charge in [0.15, 0.2) is 0 Å². The Morgan fingerprint density at radius 3 is 2.71 bits per heavy atom. The summed E-state index contributed by atoms with van der Waals surface area (Å²) in [4.78, 5) is 23.4. The van der Waals surface area contributed by atoms with Crippen LogP contribution in [0, 0.1) is 11.6 Å². The number of carbonyl (C=O) groups excluding carboxylic acids is 1. The maximum atomic E-state index is 13.7. The summed E-state index contributed by atoms with van der Waals surface area (Å²) >= 11 is 0. The standard InChI is InChI=1S/C17H18F2N2O3/c1-17(24,13-6-5-12(18)10-14(13)19)11-20-15(22)7-9-21-8-3-2-4-16(21)23/h2-6,8,10,24H,7,9,11H2,1H3,(H,20,22). The van der Waals surface area contributed by atoms with E-state index in [0.29, 0.717) is 6.07 Å². The van der Waals surface area contributed by atoms with Gasteiger partial charge in [-0.1, -0.05) is 12.1 Å². The fraction of sp³-hybridized carbons (Fsp3) is 0.294. The third kappa shape index (κ3) is 4.48. The van der Waals surface area contributed by atoms with Crippen LogP contribution in [0.5, 0.6) is 0 Å². The Bertz CT molecular complexity index is 787. The Hall–Kier alpha value is -2.54. The van der Waals surface area contributed by atoms with Gasteiger partial charge in [0.2, 0.25) is 5.91 Å². The number of pyridine rings is 1. The first-order valence-corrected chi connectivity index (χ1v) is 7.40. The molecule has 1 atom stereocenters. The number of nitrogens with one attached hydrogen (secondary N) is 1. The number of hydrogen-bond acceptors (Lipinski definition) is 3. The summed E-state index contributed by atoms with van der Waals surface area (Å²) in [6.45, 7) is 1.28. The second-order valence-electron chi connectivity index (χ2n) is 5.66. The Morgan fingerprint density at radius 1 is 1.29 bits per heavy atom. The van der Waals surface area contributed by atoms with Crippen molar-refractivity contribution < 1.29 is 18.7 Å². The molecule has 0 spiro atoms. The van der Waals surface area contributed by atoms with Crippen molar-refractivity contribution in [3.8, 4) is 0 Å². The van der Waals surface area contributed by atoms with Crippen molar-refractivity contribution in [1.29, 1.82) is 0 Å². The van der Waals surface area contributed by atoms with Gasteiger partial charge >= 0.3 is 0 Å². The minimum Gasteiger partial charge on any atom is -0.383 e. The van der Waals surface area contributed by atoms with Crippen molar-refractivity contribution in [2.24, 2.45) is 0 Å². The summed E-state index contributed by atoms with van der Waals surface area (Å²) in [5, 5.41) is 12.8. The van der Waals surface area contributed by atoms with Gasteiger partial charge in [-0.15, -0.1) is 0 Å². The Morgan fingerprint density at radius 2 is 2.04 bits per heavy atom. The van der Waals surface area contributed by atoms with Gasteiger partial charge in [0, 0.05) is 36.9 Å². The fourth-order valence-electron chi connectivity index (χ4n) is 2.25. The summed E-state index contributed by atoms with van der Waals surface area (Å²) in [5.41, 5.74) is -2.01. The van der Waals surface area contributed by atoms with Crippen molar-refractivity contribution in [2.75, 3.05) is 6.54 Å². The molecule has 0 radical (unpaired) electrons. The van der Waals surface area contributed by atoms with Gasteiger partial charge < -0.3 is 15.0 Å². The van der Waals surface area contributed by atoms with Gasteiger partial charge in [-0.3, -0.25) is 9.59 Å². The lowest BCUT2D eigenvalue weighted by molar-refractivity contribution is -0.122. The largest absolute Gasteiger partial charge is 0.383 e. The maximum Gasteiger partial charge on any atom is 0.250 e. The van der Waals surface area contributed by atoms with Crippen LogP contribution in [-0.2, 0) is 16.9 Å². The van der Waals surface area contributed by atoms with Crippen LogP contribution in [0.2, 0.25) is 0 Å². The summed E-state index contributed by atoms with van der Waals surface area (Å²) in [6, 6.07) is 7.53. The first-order chi connectivity index (χ1) is 11.3. The number of halogens is 2. The lowest BCUT2D eigenvalue weighted by Crippen LogP contribution is -2.39. The Kier molecular flexibility index (Phi) is 5.46. The molecule has 0 saturated heterocycles. The molecule has 0 aliphatic carbocycles. The molecule has 128 valence electrons. The smallest absolute Gasteiger partial charge is 0.250 e. The Balaban J connectivity index is 1.93. The van der Waals surface area contributed by atoms with E-state index in [-0.39, 0.29) is 30.6 Å². The Labute approximate surface area is 137 Å². The van der Waals surface area contributed by atoms with Crippen molar-refractivity contribution in [2.45, 2.75) is 25.5 Å². The molecule has 0 aliphatic rings. The predicted molar refractivity (Wildman–Crippen MR) is 84.3 cm³/mol. The van der Waals surface area contributed by atoms with Crippen LogP contribution >= 0.6 is 0 Å². The molecule has 24 heavy (non-hydrogen) atoms. The van der Waals surface area contributed by atoms with Crippen molar-refractivity contribution >= 4 is 5.91 Å². The van der Waals surface area contributed by atoms with E-state index in [0.717, 1.165) is 12.1 Å². The average Bonchev–Trinajstić information content (AvgIpc) is 2.52. The van der Waals surface area contributed by atoms with Crippen LogP contribution < -0.4 is 10.9 Å². The van der Waals surface area contributed by atoms with E-state index in [1.54, 1.807) is 18.3 Å². The molecular formula is C17H18F2N2O3. The molecule has 1 amide bonds. The summed E-state index contributed by atoms with van der Waals surface area (Å²) < 4.78 is 28.0. The quantitative estimate of drug-likeness (QED) is 0.841. The van der Waals surface area contributed by atoms with Crippen LogP contribution in [0.1, 0.15) is 18.9 Å². The average molecular weight is 336 g/mol. The zero-order valence-electron chi connectivity index (χ0n) is 13.1. The molecular weight excluding hydrogens is 318 g/mol. The van der Waals surface area contributed by atoms with Gasteiger partial charge in [0.05, 0.1) is 6.54 Å². The highest BCUT2D eigenvalue weighted by atomic mass is 19.1. The highest BCUT2D eigenvalue weighted by Crippen LogP contribution is 2.23. The van der Waals surface area contributed by atoms with E-state index in [1.807, 2.05) is 0 Å². The highest BCUT2D eigenvalue weighted by Gasteiger charge is 2.27. The number of aryl methyl sites for hydroxylation is 1. The van der Waals surface area contributed by atoms with Crippen molar-refractivity contribution in [1.82, 2.24) is 9.88 Å². The molecule has 0 fully saturated rings. The van der Waals surface area contributed by atoms with Gasteiger partial charge in [-0.2, -0.15) is 0 Å². The van der Waals surface area contributed by atoms with Crippen LogP contribution in [-0.4, -0.2) is 22.1 Å². The third-order valence-corrected chi connectivity index (χ3v) is 3.62. The number of benzene rings is 1. The summed E-state index contributed by atoms with van der Waals surface area (Å²) in [7, 11) is 0. The topological polar surface area (TPSA) is 71.3 Å². The number of carbonyl (C=O) groups is 1. The first kappa shape index (κ1) is 17.8. The predicted octanol–water partition coefficient (Wildman–Crippen LogP) is 1.54. The van der Waals surface area contributed by atoms with Crippen LogP contribution in [0.25, 0.3) is 0 Å². The number of hydrogen-bond donors (Lipinski definition) is 2. The van der Waals surface area contributed by atoms with Gasteiger partial charge in [-0.05, 0) is 19.1 Å². The van der Waals surface area contributed by atoms with Gasteiger partial charge in [0.1, 0.15) is 17.2 Å². The maximum absolute atomic E-state index is 13.7. The normalized spacial score (nSPS) is 13.3. The van der Waals surface area contributed by atoms with E-state index in [4.69, 9.17) is 0 Å². The third-order valence-electron chi connectivity index (χ3n) is 3.62. The molecule has 0 aliphatic heterocycles. The molecule has 1 unspecified atom stereocenters. The van der Waals surface area contributed by atoms with Crippen LogP contribution in [0.3, 0.4) is 0 Å². The molecule has 7 heteroatoms. The van der Waals surface area contributed by atoms with Crippen LogP contribution in [0.15, 0.2) is 47.4 Å². The second kappa shape index (κ2) is 7.35. The molecule has 2 N–H and O–H groups in total. The number of nitrogens with zero attached hydrogens (tertiary/aromatic N) is 1. The molecule has 2 rings (SSSR count). The monoisotopic (exact) mass is 336 g/mol. The molecule has 1 aromatic heterocycles. The van der Waals surface area contributed by atoms with E-state index < -0.39 is 23.1 Å². The number of aromatic nitrogens is 1. The van der Waals surface area contributed by atoms with Gasteiger partial charge in [-0.25, -0.2) is 8.78 Å². The van der Waals surface area contributed by atoms with E-state index in [1.165, 1.54) is 17.6 Å². The highest BCUT2D eigenvalue weighted by molar-refractivity contribution is 5.75. The molecule has 1 aromatic carbocycles. The molecule has 0 saturated carbocycles. The first-order valence-electron chi connectivity index (χ1n) is 7.40. The number of amides is 1. The van der Waals surface area contributed by atoms with Crippen molar-refractivity contribution in [3.05, 3.63) is 70.1 Å². The lowest BCUT2D eigenvalue weighted by Gasteiger charge is -2.24. The van der Waals surface area contributed by atoms with E-state index in [9.17, 15) is 23.5 Å². The minimum atomic E-state index is -1.68. The summed E-state index contributed by atoms with van der Waals surface area (Å²) in [5.74, 6) is -2.02. The SMILES string of the molecule is CC(O)(CNC(=O)CCn1ccccc1=O)c1ccc(F)cc1F. The molecule has 2 aromatic rings. The summed E-state index contributed by atoms with van der Waals surface area (Å²) in [6.07, 6.45) is 1.60. The van der Waals surface area contributed by atoms with Crippen molar-refractivity contribution in [3.63, 3.8) is 0 Å². The zero-order valence-corrected chi connectivity index (χ0v) is 13.1. The van der Waals surface area contributed by atoms with Gasteiger partial charge in [0.25, 0.3) is 5.56 Å².